The number of carbonyl (C=O) groups is 1. The SMILES string of the molecule is C=CCNC(=O)Cn1nncc1C. The molecule has 0 aromatic carbocycles. The number of hydrogen-bond donors (Lipinski definition) is 1. The number of aryl methyl sites for hydroxylation is 1. The summed E-state index contributed by atoms with van der Waals surface area (Å²) in [4.78, 5) is 11.2. The lowest BCUT2D eigenvalue weighted by molar-refractivity contribution is -0.121. The van der Waals surface area contributed by atoms with E-state index in [-0.39, 0.29) is 12.5 Å². The Morgan fingerprint density at radius 3 is 3.15 bits per heavy atom. The maximum absolute atomic E-state index is 11.2. The van der Waals surface area contributed by atoms with Crippen LogP contribution in [0.5, 0.6) is 0 Å². The number of rotatable bonds is 4. The molecule has 0 saturated heterocycles. The lowest BCUT2D eigenvalue weighted by atomic mass is 10.5. The highest BCUT2D eigenvalue weighted by atomic mass is 16.2. The normalized spacial score (nSPS) is 9.62. The standard InChI is InChI=1S/C8H12N4O/c1-3-4-9-8(13)6-12-7(2)5-10-11-12/h3,5H,1,4,6H2,2H3,(H,9,13). The summed E-state index contributed by atoms with van der Waals surface area (Å²) >= 11 is 0. The molecule has 1 aromatic heterocycles. The van der Waals surface area contributed by atoms with Gasteiger partial charge in [0, 0.05) is 6.54 Å². The van der Waals surface area contributed by atoms with Crippen molar-refractivity contribution in [2.24, 2.45) is 0 Å². The molecule has 1 rings (SSSR count). The van der Waals surface area contributed by atoms with Crippen LogP contribution < -0.4 is 5.32 Å². The first kappa shape index (κ1) is 9.44. The largest absolute Gasteiger partial charge is 0.351 e. The molecule has 0 atom stereocenters. The number of amides is 1. The van der Waals surface area contributed by atoms with Crippen LogP contribution in [0.4, 0.5) is 0 Å². The molecule has 1 heterocycles. The third kappa shape index (κ3) is 2.70. The van der Waals surface area contributed by atoms with Crippen molar-refractivity contribution in [1.29, 1.82) is 0 Å². The second-order valence-corrected chi connectivity index (χ2v) is 2.63. The zero-order valence-electron chi connectivity index (χ0n) is 7.53. The Morgan fingerprint density at radius 1 is 1.85 bits per heavy atom. The quantitative estimate of drug-likeness (QED) is 0.657. The zero-order chi connectivity index (χ0) is 9.68. The van der Waals surface area contributed by atoms with Gasteiger partial charge in [-0.25, -0.2) is 4.68 Å². The number of hydrogen-bond acceptors (Lipinski definition) is 3. The zero-order valence-corrected chi connectivity index (χ0v) is 7.53. The Hall–Kier alpha value is -1.65. The second kappa shape index (κ2) is 4.39. The first-order chi connectivity index (χ1) is 6.24. The van der Waals surface area contributed by atoms with E-state index in [2.05, 4.69) is 22.2 Å². The lowest BCUT2D eigenvalue weighted by Crippen LogP contribution is -2.28. The van der Waals surface area contributed by atoms with Crippen molar-refractivity contribution in [3.05, 3.63) is 24.5 Å². The summed E-state index contributed by atoms with van der Waals surface area (Å²) in [6.45, 7) is 6.03. The van der Waals surface area contributed by atoms with Gasteiger partial charge in [0.1, 0.15) is 6.54 Å². The van der Waals surface area contributed by atoms with E-state index in [0.29, 0.717) is 6.54 Å². The van der Waals surface area contributed by atoms with E-state index < -0.39 is 0 Å². The van der Waals surface area contributed by atoms with Gasteiger partial charge in [-0.2, -0.15) is 0 Å². The van der Waals surface area contributed by atoms with Crippen LogP contribution in [0.3, 0.4) is 0 Å². The van der Waals surface area contributed by atoms with Crippen molar-refractivity contribution in [3.8, 4) is 0 Å². The first-order valence-corrected chi connectivity index (χ1v) is 3.96. The number of nitrogens with one attached hydrogen (secondary N) is 1. The van der Waals surface area contributed by atoms with Gasteiger partial charge in [0.15, 0.2) is 0 Å². The van der Waals surface area contributed by atoms with Crippen LogP contribution in [0.15, 0.2) is 18.9 Å². The van der Waals surface area contributed by atoms with E-state index in [1.807, 2.05) is 6.92 Å². The van der Waals surface area contributed by atoms with Crippen molar-refractivity contribution in [2.75, 3.05) is 6.54 Å². The number of nitrogens with zero attached hydrogens (tertiary/aromatic N) is 3. The predicted molar refractivity (Wildman–Crippen MR) is 48.0 cm³/mol. The maximum Gasteiger partial charge on any atom is 0.242 e. The van der Waals surface area contributed by atoms with E-state index in [1.165, 1.54) is 0 Å². The van der Waals surface area contributed by atoms with Gasteiger partial charge >= 0.3 is 0 Å². The summed E-state index contributed by atoms with van der Waals surface area (Å²) in [5.74, 6) is -0.0894. The van der Waals surface area contributed by atoms with Crippen molar-refractivity contribution in [1.82, 2.24) is 20.3 Å². The van der Waals surface area contributed by atoms with E-state index in [4.69, 9.17) is 0 Å². The van der Waals surface area contributed by atoms with Gasteiger partial charge in [0.2, 0.25) is 5.91 Å². The van der Waals surface area contributed by atoms with Crippen LogP contribution in [-0.2, 0) is 11.3 Å². The average Bonchev–Trinajstić information content (AvgIpc) is 2.48. The molecular formula is C8H12N4O. The molecule has 13 heavy (non-hydrogen) atoms. The molecule has 0 aliphatic rings. The van der Waals surface area contributed by atoms with Gasteiger partial charge in [-0.05, 0) is 6.92 Å². The summed E-state index contributed by atoms with van der Waals surface area (Å²) in [5.41, 5.74) is 0.869. The molecule has 0 saturated carbocycles. The van der Waals surface area contributed by atoms with Gasteiger partial charge < -0.3 is 5.32 Å². The van der Waals surface area contributed by atoms with Crippen LogP contribution in [0.2, 0.25) is 0 Å². The molecule has 1 N–H and O–H groups in total. The molecule has 1 aromatic rings. The molecule has 0 radical (unpaired) electrons. The molecule has 0 aliphatic heterocycles. The maximum atomic E-state index is 11.2. The summed E-state index contributed by atoms with van der Waals surface area (Å²) in [5, 5.41) is 10.1. The van der Waals surface area contributed by atoms with Crippen molar-refractivity contribution >= 4 is 5.91 Å². The summed E-state index contributed by atoms with van der Waals surface area (Å²) in [6.07, 6.45) is 3.24. The first-order valence-electron chi connectivity index (χ1n) is 3.96. The smallest absolute Gasteiger partial charge is 0.242 e. The minimum Gasteiger partial charge on any atom is -0.351 e. The summed E-state index contributed by atoms with van der Waals surface area (Å²) in [7, 11) is 0. The molecule has 0 bridgehead atoms. The van der Waals surface area contributed by atoms with Crippen molar-refractivity contribution < 1.29 is 4.79 Å². The molecule has 1 amide bonds. The Morgan fingerprint density at radius 2 is 2.62 bits per heavy atom. The summed E-state index contributed by atoms with van der Waals surface area (Å²) in [6, 6.07) is 0. The number of carbonyl (C=O) groups excluding carboxylic acids is 1. The Bertz CT molecular complexity index is 305. The summed E-state index contributed by atoms with van der Waals surface area (Å²) < 4.78 is 1.54. The molecular weight excluding hydrogens is 168 g/mol. The minimum absolute atomic E-state index is 0.0894. The molecule has 0 unspecified atom stereocenters. The number of aromatic nitrogens is 3. The van der Waals surface area contributed by atoms with Gasteiger partial charge in [-0.1, -0.05) is 11.3 Å². The third-order valence-electron chi connectivity index (χ3n) is 1.55. The highest BCUT2D eigenvalue weighted by Crippen LogP contribution is 1.91. The Kier molecular flexibility index (Phi) is 3.19. The van der Waals surface area contributed by atoms with Crippen molar-refractivity contribution in [2.45, 2.75) is 13.5 Å². The second-order valence-electron chi connectivity index (χ2n) is 2.63. The van der Waals surface area contributed by atoms with Crippen LogP contribution >= 0.6 is 0 Å². The van der Waals surface area contributed by atoms with Crippen LogP contribution in [0.25, 0.3) is 0 Å². The van der Waals surface area contributed by atoms with Crippen LogP contribution in [0, 0.1) is 6.92 Å². The van der Waals surface area contributed by atoms with E-state index in [0.717, 1.165) is 5.69 Å². The molecule has 70 valence electrons. The molecule has 0 spiro atoms. The third-order valence-corrected chi connectivity index (χ3v) is 1.55. The molecule has 0 fully saturated rings. The monoisotopic (exact) mass is 180 g/mol. The van der Waals surface area contributed by atoms with Crippen LogP contribution in [-0.4, -0.2) is 27.4 Å². The van der Waals surface area contributed by atoms with Gasteiger partial charge in [-0.15, -0.1) is 11.7 Å². The van der Waals surface area contributed by atoms with Crippen LogP contribution in [0.1, 0.15) is 5.69 Å². The Balaban J connectivity index is 2.45. The average molecular weight is 180 g/mol. The van der Waals surface area contributed by atoms with E-state index in [1.54, 1.807) is 17.0 Å². The lowest BCUT2D eigenvalue weighted by Gasteiger charge is -2.02. The van der Waals surface area contributed by atoms with E-state index in [9.17, 15) is 4.79 Å². The fraction of sp³-hybridized carbons (Fsp3) is 0.375. The molecule has 0 aliphatic carbocycles. The van der Waals surface area contributed by atoms with Gasteiger partial charge in [-0.3, -0.25) is 4.79 Å². The Labute approximate surface area is 76.4 Å². The fourth-order valence-electron chi connectivity index (χ4n) is 0.843. The highest BCUT2D eigenvalue weighted by molar-refractivity contribution is 5.75. The predicted octanol–water partition coefficient (Wildman–Crippen LogP) is -0.111. The topological polar surface area (TPSA) is 59.8 Å². The highest BCUT2D eigenvalue weighted by Gasteiger charge is 2.03. The van der Waals surface area contributed by atoms with E-state index >= 15 is 0 Å². The fourth-order valence-corrected chi connectivity index (χ4v) is 0.843. The molecule has 5 heteroatoms. The molecule has 5 nitrogen and oxygen atoms in total. The minimum atomic E-state index is -0.0894. The van der Waals surface area contributed by atoms with Crippen molar-refractivity contribution in [3.63, 3.8) is 0 Å². The van der Waals surface area contributed by atoms with Gasteiger partial charge in [0.25, 0.3) is 0 Å². The van der Waals surface area contributed by atoms with Gasteiger partial charge in [0.05, 0.1) is 11.9 Å².